The molecule has 6 nitrogen and oxygen atoms in total. The first-order valence-electron chi connectivity index (χ1n) is 8.61. The van der Waals surface area contributed by atoms with Crippen molar-refractivity contribution in [1.82, 2.24) is 14.9 Å². The number of carbonyl (C=O) groups is 1. The van der Waals surface area contributed by atoms with E-state index in [2.05, 4.69) is 32.3 Å². The summed E-state index contributed by atoms with van der Waals surface area (Å²) in [7, 11) is 0. The van der Waals surface area contributed by atoms with Crippen molar-refractivity contribution in [3.8, 4) is 11.3 Å². The third kappa shape index (κ3) is 3.60. The van der Waals surface area contributed by atoms with Crippen molar-refractivity contribution in [2.45, 2.75) is 19.3 Å². The van der Waals surface area contributed by atoms with E-state index in [9.17, 15) is 4.79 Å². The second-order valence-electron chi connectivity index (χ2n) is 6.17. The Bertz CT molecular complexity index is 877. The Labute approximate surface area is 151 Å². The number of carbonyl (C=O) groups excluding carboxylic acids is 1. The fourth-order valence-electron chi connectivity index (χ4n) is 3.05. The Morgan fingerprint density at radius 2 is 1.85 bits per heavy atom. The van der Waals surface area contributed by atoms with Crippen LogP contribution in [0.1, 0.15) is 5.82 Å². The standard InChI is InChI=1S/C20H20N4O2/c25-20(23-16-9-5-2-6-10-16)22-11-17-13-24-18(12-21-19(24)14-26-17)15-7-3-1-4-8-15/h1-10,12,17H,11,13-14H2,(H2,22,23,25)/t17-/m0/s1. The number of hydrogen-bond acceptors (Lipinski definition) is 3. The number of urea groups is 1. The smallest absolute Gasteiger partial charge is 0.319 e. The summed E-state index contributed by atoms with van der Waals surface area (Å²) in [5.74, 6) is 0.911. The first-order valence-corrected chi connectivity index (χ1v) is 8.61. The van der Waals surface area contributed by atoms with Gasteiger partial charge in [0.2, 0.25) is 0 Å². The molecule has 2 amide bonds. The lowest BCUT2D eigenvalue weighted by molar-refractivity contribution is 0.00515. The van der Waals surface area contributed by atoms with E-state index in [-0.39, 0.29) is 12.1 Å². The van der Waals surface area contributed by atoms with E-state index >= 15 is 0 Å². The average Bonchev–Trinajstić information content (AvgIpc) is 3.11. The van der Waals surface area contributed by atoms with Crippen LogP contribution < -0.4 is 10.6 Å². The minimum Gasteiger partial charge on any atom is -0.367 e. The molecule has 1 aliphatic heterocycles. The highest BCUT2D eigenvalue weighted by Crippen LogP contribution is 2.24. The van der Waals surface area contributed by atoms with E-state index in [0.717, 1.165) is 22.8 Å². The van der Waals surface area contributed by atoms with Crippen LogP contribution in [-0.4, -0.2) is 28.2 Å². The second kappa shape index (κ2) is 7.41. The number of aromatic nitrogens is 2. The molecule has 0 bridgehead atoms. The van der Waals surface area contributed by atoms with Gasteiger partial charge in [0.25, 0.3) is 0 Å². The molecule has 3 aromatic rings. The summed E-state index contributed by atoms with van der Waals surface area (Å²) in [6, 6.07) is 19.3. The summed E-state index contributed by atoms with van der Waals surface area (Å²) in [5.41, 5.74) is 2.96. The van der Waals surface area contributed by atoms with Gasteiger partial charge in [0.05, 0.1) is 24.5 Å². The molecule has 6 heteroatoms. The summed E-state index contributed by atoms with van der Waals surface area (Å²) in [4.78, 5) is 16.5. The average molecular weight is 348 g/mol. The van der Waals surface area contributed by atoms with Crippen molar-refractivity contribution in [2.75, 3.05) is 11.9 Å². The van der Waals surface area contributed by atoms with Gasteiger partial charge in [0.1, 0.15) is 12.4 Å². The Morgan fingerprint density at radius 1 is 1.12 bits per heavy atom. The number of para-hydroxylation sites is 1. The highest BCUT2D eigenvalue weighted by molar-refractivity contribution is 5.89. The highest BCUT2D eigenvalue weighted by atomic mass is 16.5. The number of rotatable bonds is 4. The number of hydrogen-bond donors (Lipinski definition) is 2. The number of imidazole rings is 1. The van der Waals surface area contributed by atoms with Gasteiger partial charge < -0.3 is 19.9 Å². The maximum Gasteiger partial charge on any atom is 0.319 e. The number of nitrogens with zero attached hydrogens (tertiary/aromatic N) is 2. The summed E-state index contributed by atoms with van der Waals surface area (Å²) in [6.45, 7) is 1.54. The normalized spacial score (nSPS) is 15.9. The van der Waals surface area contributed by atoms with Crippen LogP contribution >= 0.6 is 0 Å². The van der Waals surface area contributed by atoms with E-state index in [4.69, 9.17) is 4.74 Å². The number of anilines is 1. The largest absolute Gasteiger partial charge is 0.367 e. The molecule has 0 fully saturated rings. The van der Waals surface area contributed by atoms with Crippen LogP contribution in [0.5, 0.6) is 0 Å². The Morgan fingerprint density at radius 3 is 2.62 bits per heavy atom. The SMILES string of the molecule is O=C(NC[C@H]1Cn2c(-c3ccccc3)cnc2CO1)Nc1ccccc1. The molecule has 132 valence electrons. The molecule has 1 aromatic heterocycles. The van der Waals surface area contributed by atoms with Crippen molar-refractivity contribution in [3.05, 3.63) is 72.7 Å². The van der Waals surface area contributed by atoms with Crippen molar-refractivity contribution in [2.24, 2.45) is 0 Å². The van der Waals surface area contributed by atoms with Crippen LogP contribution in [0.25, 0.3) is 11.3 Å². The van der Waals surface area contributed by atoms with Crippen molar-refractivity contribution < 1.29 is 9.53 Å². The third-order valence-electron chi connectivity index (χ3n) is 4.36. The Hall–Kier alpha value is -3.12. The lowest BCUT2D eigenvalue weighted by Gasteiger charge is -2.26. The molecule has 0 spiro atoms. The Kier molecular flexibility index (Phi) is 4.66. The summed E-state index contributed by atoms with van der Waals surface area (Å²) in [5, 5.41) is 5.68. The molecule has 0 saturated heterocycles. The summed E-state index contributed by atoms with van der Waals surface area (Å²) in [6.07, 6.45) is 1.78. The van der Waals surface area contributed by atoms with E-state index in [1.165, 1.54) is 0 Å². The first-order chi connectivity index (χ1) is 12.8. The molecular formula is C20H20N4O2. The number of benzene rings is 2. The van der Waals surface area contributed by atoms with Crippen LogP contribution in [0.2, 0.25) is 0 Å². The van der Waals surface area contributed by atoms with E-state index in [1.54, 1.807) is 0 Å². The second-order valence-corrected chi connectivity index (χ2v) is 6.17. The molecule has 0 radical (unpaired) electrons. The molecule has 1 aliphatic rings. The van der Waals surface area contributed by atoms with Crippen LogP contribution in [0, 0.1) is 0 Å². The molecule has 2 N–H and O–H groups in total. The number of amides is 2. The molecule has 0 aliphatic carbocycles. The molecule has 2 heterocycles. The van der Waals surface area contributed by atoms with Gasteiger partial charge in [0.15, 0.2) is 0 Å². The van der Waals surface area contributed by atoms with Gasteiger partial charge in [-0.2, -0.15) is 0 Å². The van der Waals surface area contributed by atoms with Crippen LogP contribution in [0.4, 0.5) is 10.5 Å². The van der Waals surface area contributed by atoms with Gasteiger partial charge in [-0.25, -0.2) is 9.78 Å². The first kappa shape index (κ1) is 16.4. The maximum atomic E-state index is 12.0. The van der Waals surface area contributed by atoms with Gasteiger partial charge in [-0.05, 0) is 17.7 Å². The van der Waals surface area contributed by atoms with Gasteiger partial charge in [0, 0.05) is 12.2 Å². The van der Waals surface area contributed by atoms with E-state index in [0.29, 0.717) is 19.7 Å². The lowest BCUT2D eigenvalue weighted by atomic mass is 10.1. The van der Waals surface area contributed by atoms with Gasteiger partial charge in [-0.3, -0.25) is 0 Å². The number of fused-ring (bicyclic) bond motifs is 1. The predicted octanol–water partition coefficient (Wildman–Crippen LogP) is 3.27. The Balaban J connectivity index is 1.38. The molecule has 0 unspecified atom stereocenters. The van der Waals surface area contributed by atoms with Gasteiger partial charge in [-0.1, -0.05) is 48.5 Å². The van der Waals surface area contributed by atoms with E-state index in [1.807, 2.05) is 54.7 Å². The topological polar surface area (TPSA) is 68.2 Å². The van der Waals surface area contributed by atoms with Crippen molar-refractivity contribution in [1.29, 1.82) is 0 Å². The lowest BCUT2D eigenvalue weighted by Crippen LogP contribution is -2.40. The summed E-state index contributed by atoms with van der Waals surface area (Å²) >= 11 is 0. The van der Waals surface area contributed by atoms with Gasteiger partial charge >= 0.3 is 6.03 Å². The zero-order chi connectivity index (χ0) is 17.8. The van der Waals surface area contributed by atoms with Crippen molar-refractivity contribution in [3.63, 3.8) is 0 Å². The number of ether oxygens (including phenoxy) is 1. The molecular weight excluding hydrogens is 328 g/mol. The predicted molar refractivity (Wildman–Crippen MR) is 99.7 cm³/mol. The minimum atomic E-state index is -0.237. The zero-order valence-corrected chi connectivity index (χ0v) is 14.3. The molecule has 4 rings (SSSR count). The molecule has 1 atom stereocenters. The number of nitrogens with one attached hydrogen (secondary N) is 2. The van der Waals surface area contributed by atoms with Gasteiger partial charge in [-0.15, -0.1) is 0 Å². The third-order valence-corrected chi connectivity index (χ3v) is 4.36. The summed E-state index contributed by atoms with van der Waals surface area (Å²) < 4.78 is 8.00. The highest BCUT2D eigenvalue weighted by Gasteiger charge is 2.23. The monoisotopic (exact) mass is 348 g/mol. The maximum absolute atomic E-state index is 12.0. The van der Waals surface area contributed by atoms with Crippen LogP contribution in [-0.2, 0) is 17.9 Å². The fraction of sp³-hybridized carbons (Fsp3) is 0.200. The molecule has 26 heavy (non-hydrogen) atoms. The zero-order valence-electron chi connectivity index (χ0n) is 14.3. The van der Waals surface area contributed by atoms with Crippen molar-refractivity contribution >= 4 is 11.7 Å². The molecule has 2 aromatic carbocycles. The fourth-order valence-corrected chi connectivity index (χ4v) is 3.05. The van der Waals surface area contributed by atoms with E-state index < -0.39 is 0 Å². The van der Waals surface area contributed by atoms with Crippen LogP contribution in [0.15, 0.2) is 66.9 Å². The minimum absolute atomic E-state index is 0.0966. The molecule has 0 saturated carbocycles. The van der Waals surface area contributed by atoms with Crippen LogP contribution in [0.3, 0.4) is 0 Å². The quantitative estimate of drug-likeness (QED) is 0.760.